The molecule has 0 bridgehead atoms. The molecule has 0 atom stereocenters. The van der Waals surface area contributed by atoms with Gasteiger partial charge in [-0.2, -0.15) is 13.2 Å². The lowest BCUT2D eigenvalue weighted by Crippen LogP contribution is -2.18. The number of nitrogens with one attached hydrogen (secondary N) is 1. The first-order valence-electron chi connectivity index (χ1n) is 9.02. The van der Waals surface area contributed by atoms with Crippen molar-refractivity contribution >= 4 is 28.9 Å². The van der Waals surface area contributed by atoms with Gasteiger partial charge in [-0.1, -0.05) is 11.6 Å². The van der Waals surface area contributed by atoms with Gasteiger partial charge in [0.25, 0.3) is 0 Å². The Morgan fingerprint density at radius 1 is 1.17 bits per heavy atom. The highest BCUT2D eigenvalue weighted by Gasteiger charge is 2.31. The minimum Gasteiger partial charge on any atom is -0.441 e. The van der Waals surface area contributed by atoms with E-state index in [2.05, 4.69) is 10.3 Å². The molecule has 0 aliphatic heterocycles. The first-order chi connectivity index (χ1) is 14.1. The summed E-state index contributed by atoms with van der Waals surface area (Å²) in [5.41, 5.74) is 0.525. The first-order valence-corrected chi connectivity index (χ1v) is 9.40. The van der Waals surface area contributed by atoms with Crippen molar-refractivity contribution < 1.29 is 22.4 Å². The zero-order valence-electron chi connectivity index (χ0n) is 16.3. The Labute approximate surface area is 176 Å². The molecular weight excluding hydrogens is 419 g/mol. The Hall–Kier alpha value is -3.00. The quantitative estimate of drug-likeness (QED) is 0.541. The van der Waals surface area contributed by atoms with Crippen molar-refractivity contribution in [2.24, 2.45) is 0 Å². The first kappa shape index (κ1) is 21.7. The van der Waals surface area contributed by atoms with Gasteiger partial charge in [-0.15, -0.1) is 0 Å². The normalized spacial score (nSPS) is 11.4. The number of nitrogens with zero attached hydrogens (tertiary/aromatic N) is 2. The number of halogens is 4. The Balaban J connectivity index is 1.67. The molecule has 0 fully saturated rings. The number of hydrogen-bond acceptors (Lipinski definition) is 4. The van der Waals surface area contributed by atoms with E-state index < -0.39 is 17.6 Å². The van der Waals surface area contributed by atoms with E-state index in [-0.39, 0.29) is 18.5 Å². The molecule has 5 nitrogen and oxygen atoms in total. The Bertz CT molecular complexity index is 1030. The maximum Gasteiger partial charge on any atom is 0.416 e. The third-order valence-electron chi connectivity index (χ3n) is 4.33. The fourth-order valence-electron chi connectivity index (χ4n) is 2.81. The molecule has 1 aromatic heterocycles. The molecule has 0 aliphatic carbocycles. The molecule has 0 saturated heterocycles. The number of aryl methyl sites for hydroxylation is 1. The van der Waals surface area contributed by atoms with Crippen molar-refractivity contribution in [2.75, 3.05) is 24.3 Å². The predicted molar refractivity (Wildman–Crippen MR) is 110 cm³/mol. The van der Waals surface area contributed by atoms with Gasteiger partial charge in [0.15, 0.2) is 11.7 Å². The molecule has 3 aromatic rings. The molecule has 0 saturated carbocycles. The van der Waals surface area contributed by atoms with Crippen LogP contribution in [0.4, 0.5) is 24.5 Å². The van der Waals surface area contributed by atoms with Crippen molar-refractivity contribution in [1.82, 2.24) is 4.98 Å². The molecule has 0 radical (unpaired) electrons. The number of rotatable bonds is 6. The predicted octanol–water partition coefficient (Wildman–Crippen LogP) is 5.65. The minimum atomic E-state index is -4.50. The highest BCUT2D eigenvalue weighted by atomic mass is 35.5. The molecule has 3 rings (SSSR count). The number of anilines is 2. The topological polar surface area (TPSA) is 58.4 Å². The van der Waals surface area contributed by atoms with Gasteiger partial charge in [0.1, 0.15) is 0 Å². The number of oxazole rings is 1. The van der Waals surface area contributed by atoms with Crippen molar-refractivity contribution in [3.05, 3.63) is 65.1 Å². The third-order valence-corrected chi connectivity index (χ3v) is 4.58. The summed E-state index contributed by atoms with van der Waals surface area (Å²) in [5.74, 6) is 0.450. The van der Waals surface area contributed by atoms with Crippen molar-refractivity contribution in [3.63, 3.8) is 0 Å². The third kappa shape index (κ3) is 5.33. The van der Waals surface area contributed by atoms with Crippen LogP contribution in [0.2, 0.25) is 5.02 Å². The molecule has 0 spiro atoms. The average molecular weight is 438 g/mol. The molecule has 1 amide bonds. The summed E-state index contributed by atoms with van der Waals surface area (Å²) in [7, 11) is 3.37. The number of hydrogen-bond donors (Lipinski definition) is 1. The van der Waals surface area contributed by atoms with E-state index >= 15 is 0 Å². The summed E-state index contributed by atoms with van der Waals surface area (Å²) in [4.78, 5) is 18.1. The van der Waals surface area contributed by atoms with Crippen LogP contribution in [0, 0.1) is 0 Å². The lowest BCUT2D eigenvalue weighted by atomic mass is 10.1. The highest BCUT2D eigenvalue weighted by molar-refractivity contribution is 6.30. The number of carbonyl (C=O) groups excluding carboxylic acids is 1. The van der Waals surface area contributed by atoms with Gasteiger partial charge in [0.05, 0.1) is 23.1 Å². The van der Waals surface area contributed by atoms with Crippen molar-refractivity contribution in [2.45, 2.75) is 19.0 Å². The van der Waals surface area contributed by atoms with Gasteiger partial charge in [-0.3, -0.25) is 4.79 Å². The summed E-state index contributed by atoms with van der Waals surface area (Å²) in [6.45, 7) is 0. The van der Waals surface area contributed by atoms with Gasteiger partial charge in [0.2, 0.25) is 5.91 Å². The number of carbonyl (C=O) groups is 1. The average Bonchev–Trinajstić information content (AvgIpc) is 3.15. The van der Waals surface area contributed by atoms with E-state index in [1.54, 1.807) is 49.5 Å². The molecule has 1 heterocycles. The smallest absolute Gasteiger partial charge is 0.416 e. The van der Waals surface area contributed by atoms with Crippen LogP contribution in [-0.2, 0) is 17.4 Å². The maximum absolute atomic E-state index is 13.0. The summed E-state index contributed by atoms with van der Waals surface area (Å²) in [6.07, 6.45) is -2.74. The van der Waals surface area contributed by atoms with E-state index in [0.29, 0.717) is 22.4 Å². The Morgan fingerprint density at radius 3 is 2.50 bits per heavy atom. The highest BCUT2D eigenvalue weighted by Crippen LogP contribution is 2.35. The number of alkyl halides is 3. The van der Waals surface area contributed by atoms with Crippen LogP contribution in [0.1, 0.15) is 17.9 Å². The molecule has 2 aromatic carbocycles. The van der Waals surface area contributed by atoms with E-state index in [1.165, 1.54) is 6.07 Å². The van der Waals surface area contributed by atoms with Crippen LogP contribution < -0.4 is 10.2 Å². The monoisotopic (exact) mass is 437 g/mol. The zero-order chi connectivity index (χ0) is 21.9. The van der Waals surface area contributed by atoms with Gasteiger partial charge in [-0.05, 0) is 42.5 Å². The van der Waals surface area contributed by atoms with E-state index in [0.717, 1.165) is 17.7 Å². The maximum atomic E-state index is 13.0. The Kier molecular flexibility index (Phi) is 6.36. The standard InChI is InChI=1S/C21H19ClF3N3O2/c1-28(2)17-8-5-14(21(23,24)25)11-16(17)27-19(29)9-10-20-26-12-18(30-20)13-3-6-15(22)7-4-13/h3-8,11-12H,9-10H2,1-2H3,(H,27,29). The van der Waals surface area contributed by atoms with Crippen molar-refractivity contribution in [1.29, 1.82) is 0 Å². The number of aromatic nitrogens is 1. The molecule has 9 heteroatoms. The second kappa shape index (κ2) is 8.79. The van der Waals surface area contributed by atoms with E-state index in [4.69, 9.17) is 16.0 Å². The van der Waals surface area contributed by atoms with Gasteiger partial charge in [-0.25, -0.2) is 4.98 Å². The van der Waals surface area contributed by atoms with Crippen molar-refractivity contribution in [3.8, 4) is 11.3 Å². The van der Waals surface area contributed by atoms with Gasteiger partial charge in [0, 0.05) is 37.5 Å². The molecule has 0 unspecified atom stereocenters. The second-order valence-electron chi connectivity index (χ2n) is 6.80. The molecule has 30 heavy (non-hydrogen) atoms. The molecular formula is C21H19ClF3N3O2. The molecule has 0 aliphatic rings. The minimum absolute atomic E-state index is 0.00366. The number of amides is 1. The lowest BCUT2D eigenvalue weighted by molar-refractivity contribution is -0.137. The summed E-state index contributed by atoms with van der Waals surface area (Å²) in [6, 6.07) is 10.3. The van der Waals surface area contributed by atoms with Gasteiger partial charge < -0.3 is 14.6 Å². The summed E-state index contributed by atoms with van der Waals surface area (Å²) < 4.78 is 44.7. The number of benzene rings is 2. The fraction of sp³-hybridized carbons (Fsp3) is 0.238. The van der Waals surface area contributed by atoms with Crippen LogP contribution in [0.3, 0.4) is 0 Å². The van der Waals surface area contributed by atoms with Gasteiger partial charge >= 0.3 is 6.18 Å². The van der Waals surface area contributed by atoms with Crippen LogP contribution >= 0.6 is 11.6 Å². The fourth-order valence-corrected chi connectivity index (χ4v) is 2.94. The van der Waals surface area contributed by atoms with E-state index in [1.807, 2.05) is 0 Å². The molecule has 158 valence electrons. The lowest BCUT2D eigenvalue weighted by Gasteiger charge is -2.19. The van der Waals surface area contributed by atoms with E-state index in [9.17, 15) is 18.0 Å². The van der Waals surface area contributed by atoms with Crippen LogP contribution in [0.15, 0.2) is 53.1 Å². The SMILES string of the molecule is CN(C)c1ccc(C(F)(F)F)cc1NC(=O)CCc1ncc(-c2ccc(Cl)cc2)o1. The summed E-state index contributed by atoms with van der Waals surface area (Å²) in [5, 5.41) is 3.15. The molecule has 1 N–H and O–H groups in total. The second-order valence-corrected chi connectivity index (χ2v) is 7.23. The van der Waals surface area contributed by atoms with Crippen LogP contribution in [0.5, 0.6) is 0 Å². The Morgan fingerprint density at radius 2 is 1.87 bits per heavy atom. The zero-order valence-corrected chi connectivity index (χ0v) is 17.0. The summed E-state index contributed by atoms with van der Waals surface area (Å²) >= 11 is 5.86. The van der Waals surface area contributed by atoms with Crippen LogP contribution in [0.25, 0.3) is 11.3 Å². The largest absolute Gasteiger partial charge is 0.441 e. The van der Waals surface area contributed by atoms with Crippen LogP contribution in [-0.4, -0.2) is 25.0 Å².